The van der Waals surface area contributed by atoms with E-state index in [1.54, 1.807) is 0 Å². The summed E-state index contributed by atoms with van der Waals surface area (Å²) in [6, 6.07) is 2.30. The average Bonchev–Trinajstić information content (AvgIpc) is 2.47. The van der Waals surface area contributed by atoms with Crippen LogP contribution in [0.25, 0.3) is 0 Å². The van der Waals surface area contributed by atoms with E-state index in [0.717, 1.165) is 4.47 Å². The lowest BCUT2D eigenvalue weighted by Crippen LogP contribution is -2.21. The van der Waals surface area contributed by atoms with E-state index in [1.807, 2.05) is 19.4 Å². The molecule has 1 unspecified atom stereocenters. The van der Waals surface area contributed by atoms with Gasteiger partial charge in [-0.2, -0.15) is 0 Å². The molecule has 2 rings (SSSR count). The number of nitrogens with zero attached hydrogens (tertiary/aromatic N) is 1. The molecule has 2 aromatic rings. The van der Waals surface area contributed by atoms with Crippen molar-refractivity contribution in [3.05, 3.63) is 61.9 Å². The van der Waals surface area contributed by atoms with Gasteiger partial charge in [0, 0.05) is 16.9 Å². The van der Waals surface area contributed by atoms with Gasteiger partial charge in [-0.05, 0) is 103 Å². The lowest BCUT2D eigenvalue weighted by atomic mass is 9.84. The standard InChI is InChI=1S/C18H23BrN2/c1-10-11(2)13(4)17(14(5)12(10)3)18(20-6)15-7-16(19)9-21-8-15/h7-9,18,20H,1-6H3. The summed E-state index contributed by atoms with van der Waals surface area (Å²) in [5, 5.41) is 3.46. The van der Waals surface area contributed by atoms with Crippen LogP contribution in [0.3, 0.4) is 0 Å². The molecule has 1 aromatic heterocycles. The number of pyridine rings is 1. The van der Waals surface area contributed by atoms with Gasteiger partial charge in [0.15, 0.2) is 0 Å². The van der Waals surface area contributed by atoms with Crippen molar-refractivity contribution >= 4 is 15.9 Å². The van der Waals surface area contributed by atoms with Crippen LogP contribution in [0.2, 0.25) is 0 Å². The topological polar surface area (TPSA) is 24.9 Å². The highest BCUT2D eigenvalue weighted by molar-refractivity contribution is 9.10. The van der Waals surface area contributed by atoms with E-state index in [0.29, 0.717) is 0 Å². The van der Waals surface area contributed by atoms with Crippen molar-refractivity contribution in [2.24, 2.45) is 0 Å². The van der Waals surface area contributed by atoms with Gasteiger partial charge < -0.3 is 5.32 Å². The van der Waals surface area contributed by atoms with E-state index in [2.05, 4.69) is 66.9 Å². The van der Waals surface area contributed by atoms with E-state index >= 15 is 0 Å². The van der Waals surface area contributed by atoms with Crippen molar-refractivity contribution in [3.8, 4) is 0 Å². The maximum Gasteiger partial charge on any atom is 0.0595 e. The number of halogens is 1. The molecule has 112 valence electrons. The summed E-state index contributed by atoms with van der Waals surface area (Å²) in [5.41, 5.74) is 9.46. The molecule has 1 N–H and O–H groups in total. The Bertz CT molecular complexity index is 648. The minimum absolute atomic E-state index is 0.160. The van der Waals surface area contributed by atoms with Gasteiger partial charge >= 0.3 is 0 Å². The summed E-state index contributed by atoms with van der Waals surface area (Å²) in [5.74, 6) is 0. The van der Waals surface area contributed by atoms with Crippen LogP contribution in [0.15, 0.2) is 22.9 Å². The summed E-state index contributed by atoms with van der Waals surface area (Å²) in [4.78, 5) is 4.31. The van der Waals surface area contributed by atoms with Crippen LogP contribution in [-0.2, 0) is 0 Å². The third kappa shape index (κ3) is 2.90. The molecule has 2 nitrogen and oxygen atoms in total. The third-order valence-electron chi connectivity index (χ3n) is 4.69. The molecule has 0 bridgehead atoms. The Morgan fingerprint density at radius 1 is 0.905 bits per heavy atom. The first kappa shape index (κ1) is 16.2. The second-order valence-electron chi connectivity index (χ2n) is 5.70. The average molecular weight is 347 g/mol. The van der Waals surface area contributed by atoms with Gasteiger partial charge in [-0.25, -0.2) is 0 Å². The molecule has 0 aliphatic carbocycles. The van der Waals surface area contributed by atoms with E-state index < -0.39 is 0 Å². The first-order valence-electron chi connectivity index (χ1n) is 7.23. The summed E-state index contributed by atoms with van der Waals surface area (Å²) in [7, 11) is 2.01. The van der Waals surface area contributed by atoms with Crippen molar-refractivity contribution in [3.63, 3.8) is 0 Å². The smallest absolute Gasteiger partial charge is 0.0595 e. The first-order valence-corrected chi connectivity index (χ1v) is 8.02. The van der Waals surface area contributed by atoms with Gasteiger partial charge in [-0.3, -0.25) is 4.98 Å². The van der Waals surface area contributed by atoms with Crippen molar-refractivity contribution in [2.75, 3.05) is 7.05 Å². The largest absolute Gasteiger partial charge is 0.309 e. The number of hydrogen-bond acceptors (Lipinski definition) is 2. The molecular formula is C18H23BrN2. The number of rotatable bonds is 3. The monoisotopic (exact) mass is 346 g/mol. The van der Waals surface area contributed by atoms with Gasteiger partial charge in [-0.1, -0.05) is 0 Å². The Kier molecular flexibility index (Phi) is 4.84. The van der Waals surface area contributed by atoms with Crippen LogP contribution in [-0.4, -0.2) is 12.0 Å². The normalized spacial score (nSPS) is 12.5. The molecule has 0 radical (unpaired) electrons. The molecule has 0 fully saturated rings. The van der Waals surface area contributed by atoms with E-state index in [9.17, 15) is 0 Å². The summed E-state index contributed by atoms with van der Waals surface area (Å²) < 4.78 is 1.01. The second kappa shape index (κ2) is 6.29. The minimum Gasteiger partial charge on any atom is -0.309 e. The summed E-state index contributed by atoms with van der Waals surface area (Å²) in [6.07, 6.45) is 3.76. The van der Waals surface area contributed by atoms with Crippen LogP contribution in [0, 0.1) is 34.6 Å². The van der Waals surface area contributed by atoms with Crippen molar-refractivity contribution < 1.29 is 0 Å². The number of nitrogens with one attached hydrogen (secondary N) is 1. The molecule has 1 atom stereocenters. The van der Waals surface area contributed by atoms with E-state index in [-0.39, 0.29) is 6.04 Å². The first-order chi connectivity index (χ1) is 9.88. The zero-order valence-electron chi connectivity index (χ0n) is 13.6. The third-order valence-corrected chi connectivity index (χ3v) is 5.13. The highest BCUT2D eigenvalue weighted by Crippen LogP contribution is 2.33. The molecule has 1 heterocycles. The Morgan fingerprint density at radius 3 is 1.90 bits per heavy atom. The molecule has 0 aliphatic heterocycles. The lowest BCUT2D eigenvalue weighted by molar-refractivity contribution is 0.677. The zero-order valence-corrected chi connectivity index (χ0v) is 15.2. The summed E-state index contributed by atoms with van der Waals surface area (Å²) >= 11 is 3.52. The van der Waals surface area contributed by atoms with Gasteiger partial charge in [0.05, 0.1) is 6.04 Å². The molecule has 0 amide bonds. The molecule has 21 heavy (non-hydrogen) atoms. The molecular weight excluding hydrogens is 324 g/mol. The molecule has 0 saturated carbocycles. The molecule has 0 aliphatic rings. The van der Waals surface area contributed by atoms with E-state index in [4.69, 9.17) is 0 Å². The Hall–Kier alpha value is -1.19. The molecule has 0 saturated heterocycles. The van der Waals surface area contributed by atoms with Crippen LogP contribution in [0.5, 0.6) is 0 Å². The number of benzene rings is 1. The fourth-order valence-electron chi connectivity index (χ4n) is 3.03. The van der Waals surface area contributed by atoms with Gasteiger partial charge in [0.25, 0.3) is 0 Å². The number of aromatic nitrogens is 1. The predicted octanol–water partition coefficient (Wildman–Crippen LogP) is 4.70. The van der Waals surface area contributed by atoms with Gasteiger partial charge in [-0.15, -0.1) is 0 Å². The maximum atomic E-state index is 4.31. The highest BCUT2D eigenvalue weighted by atomic mass is 79.9. The summed E-state index contributed by atoms with van der Waals surface area (Å²) in [6.45, 7) is 11.1. The zero-order chi connectivity index (χ0) is 15.7. The van der Waals surface area contributed by atoms with Gasteiger partial charge in [0.2, 0.25) is 0 Å². The van der Waals surface area contributed by atoms with Crippen molar-refractivity contribution in [1.82, 2.24) is 10.3 Å². The Morgan fingerprint density at radius 2 is 1.43 bits per heavy atom. The number of hydrogen-bond donors (Lipinski definition) is 1. The van der Waals surface area contributed by atoms with Gasteiger partial charge in [0.1, 0.15) is 0 Å². The fourth-order valence-corrected chi connectivity index (χ4v) is 3.41. The Labute approximate surface area is 136 Å². The van der Waals surface area contributed by atoms with Crippen LogP contribution in [0.1, 0.15) is 45.0 Å². The highest BCUT2D eigenvalue weighted by Gasteiger charge is 2.21. The van der Waals surface area contributed by atoms with Crippen LogP contribution in [0.4, 0.5) is 0 Å². The quantitative estimate of drug-likeness (QED) is 0.871. The lowest BCUT2D eigenvalue weighted by Gasteiger charge is -2.26. The SMILES string of the molecule is CNC(c1cncc(Br)c1)c1c(C)c(C)c(C)c(C)c1C. The van der Waals surface area contributed by atoms with Crippen molar-refractivity contribution in [1.29, 1.82) is 0 Å². The molecule has 3 heteroatoms. The predicted molar refractivity (Wildman–Crippen MR) is 93.0 cm³/mol. The van der Waals surface area contributed by atoms with E-state index in [1.165, 1.54) is 38.9 Å². The maximum absolute atomic E-state index is 4.31. The molecule has 1 aromatic carbocycles. The fraction of sp³-hybridized carbons (Fsp3) is 0.389. The van der Waals surface area contributed by atoms with Crippen molar-refractivity contribution in [2.45, 2.75) is 40.7 Å². The van der Waals surface area contributed by atoms with Crippen LogP contribution >= 0.6 is 15.9 Å². The van der Waals surface area contributed by atoms with Crippen LogP contribution < -0.4 is 5.32 Å². The Balaban J connectivity index is 2.69. The minimum atomic E-state index is 0.160. The molecule has 0 spiro atoms. The second-order valence-corrected chi connectivity index (χ2v) is 6.61.